The smallest absolute Gasteiger partial charge is 0.312 e. The minimum Gasteiger partial charge on any atom is -0.464 e. The van der Waals surface area contributed by atoms with Crippen molar-refractivity contribution in [2.75, 3.05) is 6.61 Å². The maximum absolute atomic E-state index is 11.6. The molecule has 204 valence electrons. The highest BCUT2D eigenvalue weighted by Crippen LogP contribution is 2.24. The lowest BCUT2D eigenvalue weighted by molar-refractivity contribution is 0.0956. The molecule has 2 heterocycles. The molecule has 0 unspecified atom stereocenters. The normalized spacial score (nSPS) is 11.4. The number of carbonyl (C=O) groups is 2. The molecule has 3 aromatic carbocycles. The van der Waals surface area contributed by atoms with Gasteiger partial charge in [0.1, 0.15) is 11.4 Å². The van der Waals surface area contributed by atoms with Crippen molar-refractivity contribution in [3.05, 3.63) is 120 Å². The second kappa shape index (κ2) is 13.2. The van der Waals surface area contributed by atoms with Crippen molar-refractivity contribution in [1.29, 1.82) is 0 Å². The van der Waals surface area contributed by atoms with E-state index in [1.165, 1.54) is 5.56 Å². The van der Waals surface area contributed by atoms with Gasteiger partial charge >= 0.3 is 6.03 Å². The van der Waals surface area contributed by atoms with E-state index in [0.29, 0.717) is 12.0 Å². The molecule has 39 heavy (non-hydrogen) atoms. The average Bonchev–Trinajstić information content (AvgIpc) is 3.62. The van der Waals surface area contributed by atoms with E-state index in [9.17, 15) is 9.59 Å². The minimum atomic E-state index is -0.562. The van der Waals surface area contributed by atoms with Crippen LogP contribution in [0.4, 0.5) is 4.79 Å². The summed E-state index contributed by atoms with van der Waals surface area (Å²) in [5.74, 6) is 0.753. The van der Waals surface area contributed by atoms with Gasteiger partial charge in [-0.05, 0) is 55.2 Å². The number of furan rings is 1. The van der Waals surface area contributed by atoms with Crippen LogP contribution >= 0.6 is 0 Å². The molecule has 4 N–H and O–H groups in total. The number of imidazole rings is 1. The van der Waals surface area contributed by atoms with Crippen LogP contribution in [0.15, 0.2) is 102 Å². The highest BCUT2D eigenvalue weighted by Gasteiger charge is 2.19. The zero-order chi connectivity index (χ0) is 27.6. The van der Waals surface area contributed by atoms with Gasteiger partial charge in [0, 0.05) is 38.3 Å². The van der Waals surface area contributed by atoms with Crippen LogP contribution in [-0.2, 0) is 6.42 Å². The van der Waals surface area contributed by atoms with Gasteiger partial charge in [0.05, 0.1) is 18.9 Å². The SMILES string of the molecule is Cc1ccccc1C(=O)CCO.NC(=O)N[C@@H](CCc1ccccc1)c1nccn1-c1ccc2occc2c1.[HH].[HH]. The molecule has 0 radical (unpaired) electrons. The number of aliphatic hydroxyl groups is 1. The molecule has 0 aliphatic heterocycles. The number of Topliss-reactive ketones (excluding diaryl/α,β-unsaturated/α-hetero) is 1. The van der Waals surface area contributed by atoms with Gasteiger partial charge in [-0.1, -0.05) is 54.6 Å². The summed E-state index contributed by atoms with van der Waals surface area (Å²) >= 11 is 0. The fourth-order valence-electron chi connectivity index (χ4n) is 4.41. The monoisotopic (exact) mass is 528 g/mol. The van der Waals surface area contributed by atoms with Crippen molar-refractivity contribution in [1.82, 2.24) is 14.9 Å². The zero-order valence-electron chi connectivity index (χ0n) is 21.8. The van der Waals surface area contributed by atoms with Gasteiger partial charge in [0.25, 0.3) is 0 Å². The third-order valence-corrected chi connectivity index (χ3v) is 6.36. The molecule has 2 aromatic heterocycles. The van der Waals surface area contributed by atoms with Crippen LogP contribution in [0.25, 0.3) is 16.7 Å². The quantitative estimate of drug-likeness (QED) is 0.202. The third kappa shape index (κ3) is 7.21. The molecule has 5 rings (SSSR count). The largest absolute Gasteiger partial charge is 0.464 e. The molecule has 0 fully saturated rings. The van der Waals surface area contributed by atoms with Gasteiger partial charge in [-0.25, -0.2) is 9.78 Å². The summed E-state index contributed by atoms with van der Waals surface area (Å²) in [5, 5.41) is 12.4. The summed E-state index contributed by atoms with van der Waals surface area (Å²) in [6.07, 6.45) is 6.99. The average molecular weight is 529 g/mol. The van der Waals surface area contributed by atoms with E-state index in [1.54, 1.807) is 18.5 Å². The molecule has 1 atom stereocenters. The number of amides is 2. The highest BCUT2D eigenvalue weighted by molar-refractivity contribution is 5.97. The molecule has 0 aliphatic carbocycles. The Balaban J connectivity index is 0.000000358. The number of primary amides is 1. The first kappa shape index (κ1) is 27.3. The number of aromatic nitrogens is 2. The summed E-state index contributed by atoms with van der Waals surface area (Å²) in [4.78, 5) is 27.4. The third-order valence-electron chi connectivity index (χ3n) is 6.36. The van der Waals surface area contributed by atoms with Gasteiger partial charge < -0.3 is 25.1 Å². The second-order valence-electron chi connectivity index (χ2n) is 9.10. The van der Waals surface area contributed by atoms with Crippen LogP contribution in [0.1, 0.15) is 49.0 Å². The molecular formula is C31H36N4O4. The topological polar surface area (TPSA) is 123 Å². The number of urea groups is 1. The predicted molar refractivity (Wildman–Crippen MR) is 155 cm³/mol. The van der Waals surface area contributed by atoms with Crippen molar-refractivity contribution < 1.29 is 22.0 Å². The van der Waals surface area contributed by atoms with Gasteiger partial charge in [-0.15, -0.1) is 0 Å². The molecule has 2 amide bonds. The maximum Gasteiger partial charge on any atom is 0.312 e. The number of hydrogen-bond acceptors (Lipinski definition) is 5. The lowest BCUT2D eigenvalue weighted by Crippen LogP contribution is -2.34. The van der Waals surface area contributed by atoms with Gasteiger partial charge in [0.15, 0.2) is 5.78 Å². The molecular weight excluding hydrogens is 492 g/mol. The highest BCUT2D eigenvalue weighted by atomic mass is 16.3. The Hall–Kier alpha value is -4.69. The number of benzene rings is 3. The molecule has 8 heteroatoms. The number of fused-ring (bicyclic) bond motifs is 1. The summed E-state index contributed by atoms with van der Waals surface area (Å²) in [7, 11) is 0. The zero-order valence-corrected chi connectivity index (χ0v) is 21.8. The predicted octanol–water partition coefficient (Wildman–Crippen LogP) is 6.01. The van der Waals surface area contributed by atoms with Crippen LogP contribution in [0.3, 0.4) is 0 Å². The molecule has 8 nitrogen and oxygen atoms in total. The number of nitrogens with zero attached hydrogens (tertiary/aromatic N) is 2. The Labute approximate surface area is 230 Å². The fourth-order valence-corrected chi connectivity index (χ4v) is 4.41. The number of nitrogens with one attached hydrogen (secondary N) is 1. The lowest BCUT2D eigenvalue weighted by Gasteiger charge is -2.19. The number of nitrogens with two attached hydrogens (primary N) is 1. The summed E-state index contributed by atoms with van der Waals surface area (Å²) in [5.41, 5.74) is 10.1. The van der Waals surface area contributed by atoms with Crippen LogP contribution < -0.4 is 11.1 Å². The van der Waals surface area contributed by atoms with Crippen LogP contribution in [0, 0.1) is 6.92 Å². The maximum atomic E-state index is 11.6. The number of rotatable bonds is 9. The van der Waals surface area contributed by atoms with E-state index in [2.05, 4.69) is 22.4 Å². The summed E-state index contributed by atoms with van der Waals surface area (Å²) in [6, 6.07) is 24.5. The Bertz CT molecular complexity index is 1540. The molecule has 0 saturated heterocycles. The van der Waals surface area contributed by atoms with Gasteiger partial charge in [0.2, 0.25) is 0 Å². The van der Waals surface area contributed by atoms with Crippen molar-refractivity contribution >= 4 is 22.8 Å². The van der Waals surface area contributed by atoms with E-state index in [1.807, 2.05) is 78.4 Å². The Kier molecular flexibility index (Phi) is 9.26. The van der Waals surface area contributed by atoms with Gasteiger partial charge in [-0.2, -0.15) is 0 Å². The Morgan fingerprint density at radius 3 is 2.59 bits per heavy atom. The Morgan fingerprint density at radius 1 is 1.08 bits per heavy atom. The van der Waals surface area contributed by atoms with Crippen LogP contribution in [0.2, 0.25) is 0 Å². The fraction of sp³-hybridized carbons (Fsp3) is 0.194. The first-order valence-electron chi connectivity index (χ1n) is 12.8. The van der Waals surface area contributed by atoms with Crippen molar-refractivity contribution in [3.63, 3.8) is 0 Å². The van der Waals surface area contributed by atoms with E-state index in [0.717, 1.165) is 34.5 Å². The second-order valence-corrected chi connectivity index (χ2v) is 9.10. The first-order valence-corrected chi connectivity index (χ1v) is 12.8. The van der Waals surface area contributed by atoms with E-state index >= 15 is 0 Å². The number of carbonyl (C=O) groups excluding carboxylic acids is 2. The van der Waals surface area contributed by atoms with E-state index in [-0.39, 0.29) is 27.7 Å². The number of aryl methyl sites for hydroxylation is 2. The minimum absolute atomic E-state index is 0. The van der Waals surface area contributed by atoms with Crippen molar-refractivity contribution in [2.45, 2.75) is 32.2 Å². The number of ketones is 1. The Morgan fingerprint density at radius 2 is 1.85 bits per heavy atom. The summed E-state index contributed by atoms with van der Waals surface area (Å²) < 4.78 is 7.38. The van der Waals surface area contributed by atoms with Crippen molar-refractivity contribution in [2.24, 2.45) is 5.73 Å². The van der Waals surface area contributed by atoms with Gasteiger partial charge in [-0.3, -0.25) is 4.79 Å². The first-order chi connectivity index (χ1) is 19.0. The van der Waals surface area contributed by atoms with E-state index < -0.39 is 6.03 Å². The standard InChI is InChI=1S/C21H20N4O2.C10H12O2.2H2/c22-21(26)24-18(8-6-15-4-2-1-3-5-15)20-23-11-12-25(20)17-7-9-19-16(14-17)10-13-27-19;1-8-4-2-3-5-9(8)10(12)6-7-11;;/h1-5,7,9-14,18H,6,8H2,(H3,22,24,26);2-5,11H,6-7H2,1H3;2*1H/t18-;;;/m0.../s1. The van der Waals surface area contributed by atoms with Crippen LogP contribution in [0.5, 0.6) is 0 Å². The lowest BCUT2D eigenvalue weighted by atomic mass is 10.0. The molecule has 5 aromatic rings. The van der Waals surface area contributed by atoms with E-state index in [4.69, 9.17) is 15.3 Å². The molecule has 0 saturated carbocycles. The van der Waals surface area contributed by atoms with Crippen molar-refractivity contribution in [3.8, 4) is 5.69 Å². The molecule has 0 spiro atoms. The molecule has 0 bridgehead atoms. The van der Waals surface area contributed by atoms with Crippen LogP contribution in [-0.4, -0.2) is 33.1 Å². The number of hydrogen-bond donors (Lipinski definition) is 3. The number of aliphatic hydroxyl groups excluding tert-OH is 1. The summed E-state index contributed by atoms with van der Waals surface area (Å²) in [6.45, 7) is 1.82. The molecule has 0 aliphatic rings.